The van der Waals surface area contributed by atoms with Crippen LogP contribution >= 0.6 is 11.8 Å². The summed E-state index contributed by atoms with van der Waals surface area (Å²) in [5.41, 5.74) is 0. The van der Waals surface area contributed by atoms with Crippen LogP contribution in [0, 0.1) is 5.92 Å². The van der Waals surface area contributed by atoms with E-state index in [9.17, 15) is 5.11 Å². The molecule has 0 aliphatic heterocycles. The minimum atomic E-state index is 0.0729. The number of rotatable bonds is 6. The molecule has 10 heavy (non-hydrogen) atoms. The van der Waals surface area contributed by atoms with E-state index in [1.807, 2.05) is 0 Å². The second-order valence-corrected chi connectivity index (χ2v) is 3.82. The quantitative estimate of drug-likeness (QED) is 0.548. The van der Waals surface area contributed by atoms with Crippen LogP contribution in [0.2, 0.25) is 0 Å². The highest BCUT2D eigenvalue weighted by atomic mass is 32.2. The molecule has 1 radical (unpaired) electrons. The Morgan fingerprint density at radius 1 is 1.50 bits per heavy atom. The fourth-order valence-corrected chi connectivity index (χ4v) is 1.77. The van der Waals surface area contributed by atoms with E-state index in [-0.39, 0.29) is 6.61 Å². The van der Waals surface area contributed by atoms with E-state index in [1.54, 1.807) is 11.8 Å². The average Bonchev–Trinajstić information content (AvgIpc) is 1.89. The van der Waals surface area contributed by atoms with E-state index >= 15 is 0 Å². The maximum Gasteiger partial charge on any atom is 0.0912 e. The first-order chi connectivity index (χ1) is 4.81. The zero-order valence-corrected chi connectivity index (χ0v) is 7.75. The van der Waals surface area contributed by atoms with Crippen LogP contribution < -0.4 is 0 Å². The first kappa shape index (κ1) is 10.3. The fraction of sp³-hybridized carbons (Fsp3) is 1.00. The van der Waals surface area contributed by atoms with Gasteiger partial charge in [-0.1, -0.05) is 26.7 Å². The Labute approximate surface area is 68.2 Å². The maximum absolute atomic E-state index is 10.0. The summed E-state index contributed by atoms with van der Waals surface area (Å²) >= 11 is 1.79. The van der Waals surface area contributed by atoms with Crippen LogP contribution in [0.15, 0.2) is 0 Å². The predicted molar refractivity (Wildman–Crippen MR) is 47.0 cm³/mol. The van der Waals surface area contributed by atoms with Crippen molar-refractivity contribution in [3.8, 4) is 0 Å². The molecule has 0 heterocycles. The van der Waals surface area contributed by atoms with E-state index in [0.29, 0.717) is 0 Å². The number of hydrogen-bond donors (Lipinski definition) is 0. The second-order valence-electron chi connectivity index (χ2n) is 2.67. The Kier molecular flexibility index (Phi) is 7.65. The van der Waals surface area contributed by atoms with Gasteiger partial charge in [0.15, 0.2) is 0 Å². The van der Waals surface area contributed by atoms with Crippen molar-refractivity contribution in [2.24, 2.45) is 5.92 Å². The average molecular weight is 161 g/mol. The van der Waals surface area contributed by atoms with Crippen molar-refractivity contribution in [3.05, 3.63) is 0 Å². The molecule has 0 aliphatic rings. The third kappa shape index (κ3) is 6.43. The monoisotopic (exact) mass is 161 g/mol. The second kappa shape index (κ2) is 7.42. The van der Waals surface area contributed by atoms with Crippen molar-refractivity contribution in [1.82, 2.24) is 0 Å². The summed E-state index contributed by atoms with van der Waals surface area (Å²) in [5, 5.41) is 10.0. The van der Waals surface area contributed by atoms with Gasteiger partial charge >= 0.3 is 0 Å². The zero-order valence-electron chi connectivity index (χ0n) is 6.93. The molecular weight excluding hydrogens is 144 g/mol. The smallest absolute Gasteiger partial charge is 0.0912 e. The first-order valence-corrected chi connectivity index (χ1v) is 5.12. The Morgan fingerprint density at radius 3 is 2.70 bits per heavy atom. The van der Waals surface area contributed by atoms with Crippen molar-refractivity contribution < 1.29 is 5.11 Å². The third-order valence-corrected chi connectivity index (χ3v) is 2.67. The fourth-order valence-electron chi connectivity index (χ4n) is 0.920. The van der Waals surface area contributed by atoms with Crippen LogP contribution in [0.5, 0.6) is 0 Å². The van der Waals surface area contributed by atoms with Gasteiger partial charge in [-0.3, -0.25) is 0 Å². The molecule has 0 fully saturated rings. The Bertz CT molecular complexity index is 66.3. The van der Waals surface area contributed by atoms with Gasteiger partial charge in [-0.15, -0.1) is 0 Å². The van der Waals surface area contributed by atoms with E-state index < -0.39 is 0 Å². The standard InChI is InChI=1S/C8H17OS/c1-3-4-8(2)7-10-6-5-9/h8H,3-7H2,1-2H3. The number of hydrogen-bond acceptors (Lipinski definition) is 1. The highest BCUT2D eigenvalue weighted by Gasteiger charge is 1.99. The molecule has 2 heteroatoms. The molecule has 0 amide bonds. The molecule has 0 aromatic rings. The molecular formula is C8H17OS. The summed E-state index contributed by atoms with van der Waals surface area (Å²) in [4.78, 5) is 0. The summed E-state index contributed by atoms with van der Waals surface area (Å²) in [6.07, 6.45) is 2.56. The lowest BCUT2D eigenvalue weighted by molar-refractivity contribution is 0.215. The Balaban J connectivity index is 2.97. The van der Waals surface area contributed by atoms with Crippen molar-refractivity contribution in [2.75, 3.05) is 18.1 Å². The van der Waals surface area contributed by atoms with E-state index in [0.717, 1.165) is 17.4 Å². The van der Waals surface area contributed by atoms with Gasteiger partial charge in [-0.05, 0) is 11.7 Å². The molecule has 0 bridgehead atoms. The van der Waals surface area contributed by atoms with E-state index in [4.69, 9.17) is 0 Å². The van der Waals surface area contributed by atoms with Gasteiger partial charge in [0.05, 0.1) is 6.61 Å². The normalized spacial score (nSPS) is 13.5. The van der Waals surface area contributed by atoms with Gasteiger partial charge in [0.1, 0.15) is 0 Å². The van der Waals surface area contributed by atoms with Gasteiger partial charge in [0.2, 0.25) is 0 Å². The maximum atomic E-state index is 10.0. The van der Waals surface area contributed by atoms with Crippen molar-refractivity contribution >= 4 is 11.8 Å². The molecule has 0 spiro atoms. The highest BCUT2D eigenvalue weighted by Crippen LogP contribution is 2.12. The lowest BCUT2D eigenvalue weighted by Gasteiger charge is -2.07. The summed E-state index contributed by atoms with van der Waals surface area (Å²) in [6, 6.07) is 0. The van der Waals surface area contributed by atoms with Crippen LogP contribution in [-0.4, -0.2) is 18.1 Å². The Hall–Kier alpha value is 0.310. The molecule has 0 aromatic carbocycles. The summed E-state index contributed by atoms with van der Waals surface area (Å²) in [7, 11) is 0. The van der Waals surface area contributed by atoms with E-state index in [1.165, 1.54) is 12.8 Å². The van der Waals surface area contributed by atoms with E-state index in [2.05, 4.69) is 13.8 Å². The molecule has 1 atom stereocenters. The molecule has 0 saturated heterocycles. The molecule has 0 saturated carbocycles. The molecule has 61 valence electrons. The zero-order chi connectivity index (χ0) is 7.82. The third-order valence-electron chi connectivity index (χ3n) is 1.41. The van der Waals surface area contributed by atoms with Gasteiger partial charge in [-0.25, -0.2) is 5.11 Å². The van der Waals surface area contributed by atoms with Crippen LogP contribution in [-0.2, 0) is 5.11 Å². The summed E-state index contributed by atoms with van der Waals surface area (Å²) in [6.45, 7) is 4.53. The minimum absolute atomic E-state index is 0.0729. The summed E-state index contributed by atoms with van der Waals surface area (Å²) in [5.74, 6) is 2.74. The molecule has 0 N–H and O–H groups in total. The van der Waals surface area contributed by atoms with Crippen LogP contribution in [0.1, 0.15) is 26.7 Å². The van der Waals surface area contributed by atoms with Crippen LogP contribution in [0.3, 0.4) is 0 Å². The number of thioether (sulfide) groups is 1. The Morgan fingerprint density at radius 2 is 2.20 bits per heavy atom. The lowest BCUT2D eigenvalue weighted by atomic mass is 10.1. The molecule has 1 unspecified atom stereocenters. The molecule has 0 aromatic heterocycles. The largest absolute Gasteiger partial charge is 0.236 e. The van der Waals surface area contributed by atoms with Gasteiger partial charge in [-0.2, -0.15) is 11.8 Å². The van der Waals surface area contributed by atoms with Gasteiger partial charge < -0.3 is 0 Å². The minimum Gasteiger partial charge on any atom is -0.236 e. The summed E-state index contributed by atoms with van der Waals surface area (Å²) < 4.78 is 0. The first-order valence-electron chi connectivity index (χ1n) is 3.97. The van der Waals surface area contributed by atoms with Gasteiger partial charge in [0.25, 0.3) is 0 Å². The molecule has 1 nitrogen and oxygen atoms in total. The van der Waals surface area contributed by atoms with Crippen LogP contribution in [0.4, 0.5) is 0 Å². The topological polar surface area (TPSA) is 19.9 Å². The van der Waals surface area contributed by atoms with Gasteiger partial charge in [0, 0.05) is 5.75 Å². The van der Waals surface area contributed by atoms with Crippen molar-refractivity contribution in [2.45, 2.75) is 26.7 Å². The van der Waals surface area contributed by atoms with Crippen LogP contribution in [0.25, 0.3) is 0 Å². The SMILES string of the molecule is CCCC(C)CSCC[O]. The van der Waals surface area contributed by atoms with Crippen molar-refractivity contribution in [1.29, 1.82) is 0 Å². The predicted octanol–water partition coefficient (Wildman–Crippen LogP) is 2.59. The lowest BCUT2D eigenvalue weighted by Crippen LogP contribution is -1.98. The molecule has 0 rings (SSSR count). The highest BCUT2D eigenvalue weighted by molar-refractivity contribution is 7.99. The molecule has 0 aliphatic carbocycles. The van der Waals surface area contributed by atoms with Crippen molar-refractivity contribution in [3.63, 3.8) is 0 Å².